The molecule has 4 nitrogen and oxygen atoms in total. The van der Waals surface area contributed by atoms with Gasteiger partial charge in [0.15, 0.2) is 5.76 Å². The van der Waals surface area contributed by atoms with Gasteiger partial charge in [0, 0.05) is 47.3 Å². The van der Waals surface area contributed by atoms with Gasteiger partial charge in [-0.2, -0.15) is 0 Å². The van der Waals surface area contributed by atoms with Crippen molar-refractivity contribution < 1.29 is 13.6 Å². The summed E-state index contributed by atoms with van der Waals surface area (Å²) in [6.07, 6.45) is 0. The van der Waals surface area contributed by atoms with E-state index in [0.717, 1.165) is 26.7 Å². The number of halogens is 2. The van der Waals surface area contributed by atoms with E-state index < -0.39 is 0 Å². The molecule has 26 heavy (non-hydrogen) atoms. The number of benzene rings is 2. The Morgan fingerprint density at radius 3 is 2.46 bits per heavy atom. The average molecular weight is 417 g/mol. The quantitative estimate of drug-likeness (QED) is 0.612. The number of amides is 1. The average Bonchev–Trinajstić information content (AvgIpc) is 2.98. The Labute approximate surface area is 159 Å². The molecule has 0 N–H and O–H groups in total. The number of fused-ring (bicyclic) bond motifs is 1. The van der Waals surface area contributed by atoms with Gasteiger partial charge in [-0.1, -0.05) is 15.9 Å². The zero-order valence-corrected chi connectivity index (χ0v) is 15.9. The van der Waals surface area contributed by atoms with Gasteiger partial charge in [0.25, 0.3) is 5.91 Å². The van der Waals surface area contributed by atoms with Crippen LogP contribution < -0.4 is 4.90 Å². The van der Waals surface area contributed by atoms with Crippen LogP contribution in [0.15, 0.2) is 51.4 Å². The van der Waals surface area contributed by atoms with Crippen LogP contribution in [0.25, 0.3) is 11.0 Å². The topological polar surface area (TPSA) is 36.7 Å². The molecule has 1 aliphatic rings. The van der Waals surface area contributed by atoms with Gasteiger partial charge in [-0.25, -0.2) is 4.39 Å². The highest BCUT2D eigenvalue weighted by Gasteiger charge is 2.26. The Bertz CT molecular complexity index is 960. The molecule has 1 saturated heterocycles. The third kappa shape index (κ3) is 3.09. The summed E-state index contributed by atoms with van der Waals surface area (Å²) < 4.78 is 19.9. The molecule has 1 fully saturated rings. The second kappa shape index (κ2) is 6.76. The number of rotatable bonds is 2. The van der Waals surface area contributed by atoms with Gasteiger partial charge < -0.3 is 14.2 Å². The highest BCUT2D eigenvalue weighted by Crippen LogP contribution is 2.29. The number of aryl methyl sites for hydroxylation is 1. The number of nitrogens with zero attached hydrogens (tertiary/aromatic N) is 2. The van der Waals surface area contributed by atoms with Crippen molar-refractivity contribution in [3.8, 4) is 0 Å². The lowest BCUT2D eigenvalue weighted by atomic mass is 10.1. The van der Waals surface area contributed by atoms with Crippen molar-refractivity contribution >= 4 is 38.5 Å². The minimum Gasteiger partial charge on any atom is -0.451 e. The maximum absolute atomic E-state index is 13.1. The van der Waals surface area contributed by atoms with Crippen LogP contribution in [-0.4, -0.2) is 37.0 Å². The molecule has 3 aromatic rings. The van der Waals surface area contributed by atoms with Crippen molar-refractivity contribution in [3.63, 3.8) is 0 Å². The molecule has 134 valence electrons. The largest absolute Gasteiger partial charge is 0.451 e. The molecule has 0 aliphatic carbocycles. The molecular formula is C20H18BrFN2O2. The monoisotopic (exact) mass is 416 g/mol. The van der Waals surface area contributed by atoms with E-state index in [1.54, 1.807) is 12.1 Å². The highest BCUT2D eigenvalue weighted by atomic mass is 79.9. The predicted molar refractivity (Wildman–Crippen MR) is 103 cm³/mol. The first-order valence-corrected chi connectivity index (χ1v) is 9.30. The first-order chi connectivity index (χ1) is 12.5. The summed E-state index contributed by atoms with van der Waals surface area (Å²) in [5.41, 5.74) is 2.56. The van der Waals surface area contributed by atoms with Crippen molar-refractivity contribution in [1.29, 1.82) is 0 Å². The molecule has 1 aliphatic heterocycles. The van der Waals surface area contributed by atoms with Crippen LogP contribution in [0.5, 0.6) is 0 Å². The third-order valence-corrected chi connectivity index (χ3v) is 5.34. The second-order valence-corrected chi connectivity index (χ2v) is 7.37. The van der Waals surface area contributed by atoms with Crippen LogP contribution in [-0.2, 0) is 0 Å². The van der Waals surface area contributed by atoms with Crippen LogP contribution in [0.4, 0.5) is 10.1 Å². The Morgan fingerprint density at radius 1 is 1.08 bits per heavy atom. The number of carbonyl (C=O) groups is 1. The first kappa shape index (κ1) is 17.1. The summed E-state index contributed by atoms with van der Waals surface area (Å²) in [6.45, 7) is 4.55. The number of hydrogen-bond donors (Lipinski definition) is 0. The van der Waals surface area contributed by atoms with E-state index in [9.17, 15) is 9.18 Å². The smallest absolute Gasteiger partial charge is 0.290 e. The Hall–Kier alpha value is -2.34. The number of anilines is 1. The first-order valence-electron chi connectivity index (χ1n) is 8.51. The van der Waals surface area contributed by atoms with E-state index in [1.807, 2.05) is 30.0 Å². The van der Waals surface area contributed by atoms with Crippen molar-refractivity contribution in [3.05, 3.63) is 64.1 Å². The van der Waals surface area contributed by atoms with Crippen molar-refractivity contribution in [2.24, 2.45) is 0 Å². The Balaban J connectivity index is 1.50. The van der Waals surface area contributed by atoms with Crippen LogP contribution in [0.2, 0.25) is 0 Å². The lowest BCUT2D eigenvalue weighted by Gasteiger charge is -2.35. The predicted octanol–water partition coefficient (Wildman–Crippen LogP) is 4.61. The number of piperazine rings is 1. The highest BCUT2D eigenvalue weighted by molar-refractivity contribution is 9.10. The summed E-state index contributed by atoms with van der Waals surface area (Å²) in [6, 6.07) is 12.2. The van der Waals surface area contributed by atoms with Gasteiger partial charge in [0.1, 0.15) is 11.4 Å². The summed E-state index contributed by atoms with van der Waals surface area (Å²) >= 11 is 3.46. The van der Waals surface area contributed by atoms with Crippen LogP contribution in [0.1, 0.15) is 16.1 Å². The fraction of sp³-hybridized carbons (Fsp3) is 0.250. The van der Waals surface area contributed by atoms with E-state index in [1.165, 1.54) is 12.1 Å². The molecule has 0 unspecified atom stereocenters. The summed E-state index contributed by atoms with van der Waals surface area (Å²) in [7, 11) is 0. The molecule has 0 bridgehead atoms. The number of carbonyl (C=O) groups excluding carboxylic acids is 1. The number of hydrogen-bond acceptors (Lipinski definition) is 3. The fourth-order valence-corrected chi connectivity index (χ4v) is 3.72. The molecular weight excluding hydrogens is 399 g/mol. The van der Waals surface area contributed by atoms with Crippen molar-refractivity contribution in [1.82, 2.24) is 4.90 Å². The molecule has 0 radical (unpaired) electrons. The summed E-state index contributed by atoms with van der Waals surface area (Å²) in [4.78, 5) is 16.9. The van der Waals surface area contributed by atoms with E-state index in [-0.39, 0.29) is 11.7 Å². The molecule has 4 rings (SSSR count). The normalized spacial score (nSPS) is 14.9. The minimum absolute atomic E-state index is 0.0754. The lowest BCUT2D eigenvalue weighted by molar-refractivity contribution is 0.0716. The zero-order chi connectivity index (χ0) is 18.3. The van der Waals surface area contributed by atoms with Crippen LogP contribution in [0, 0.1) is 12.7 Å². The molecule has 2 heterocycles. The van der Waals surface area contributed by atoms with Gasteiger partial charge in [-0.05, 0) is 49.4 Å². The maximum Gasteiger partial charge on any atom is 0.290 e. The van der Waals surface area contributed by atoms with E-state index in [4.69, 9.17) is 4.42 Å². The van der Waals surface area contributed by atoms with Gasteiger partial charge in [-0.3, -0.25) is 4.79 Å². The molecule has 1 aromatic heterocycles. The number of furan rings is 1. The summed E-state index contributed by atoms with van der Waals surface area (Å²) in [5.74, 6) is 0.0940. The Morgan fingerprint density at radius 2 is 1.77 bits per heavy atom. The van der Waals surface area contributed by atoms with Gasteiger partial charge in [-0.15, -0.1) is 0 Å². The molecule has 0 atom stereocenters. The maximum atomic E-state index is 13.1. The molecule has 0 saturated carbocycles. The molecule has 6 heteroatoms. The van der Waals surface area contributed by atoms with E-state index in [2.05, 4.69) is 20.8 Å². The van der Waals surface area contributed by atoms with Crippen molar-refractivity contribution in [2.75, 3.05) is 31.1 Å². The standard InChI is InChI=1S/C20H18BrFN2O2/c1-13-17-12-14(21)2-7-18(17)26-19(13)20(25)24-10-8-23(9-11-24)16-5-3-15(22)4-6-16/h2-7,12H,8-11H2,1H3. The van der Waals surface area contributed by atoms with E-state index in [0.29, 0.717) is 31.9 Å². The Kier molecular flexibility index (Phi) is 4.44. The van der Waals surface area contributed by atoms with Crippen LogP contribution >= 0.6 is 15.9 Å². The zero-order valence-electron chi connectivity index (χ0n) is 14.3. The fourth-order valence-electron chi connectivity index (χ4n) is 3.36. The molecule has 1 amide bonds. The summed E-state index contributed by atoms with van der Waals surface area (Å²) in [5, 5.41) is 0.952. The lowest BCUT2D eigenvalue weighted by Crippen LogP contribution is -2.48. The SMILES string of the molecule is Cc1c(C(=O)N2CCN(c3ccc(F)cc3)CC2)oc2ccc(Br)cc12. The van der Waals surface area contributed by atoms with Gasteiger partial charge in [0.2, 0.25) is 0 Å². The molecule has 0 spiro atoms. The molecule has 2 aromatic carbocycles. The minimum atomic E-state index is -0.241. The van der Waals surface area contributed by atoms with Crippen LogP contribution in [0.3, 0.4) is 0 Å². The third-order valence-electron chi connectivity index (χ3n) is 4.85. The van der Waals surface area contributed by atoms with Gasteiger partial charge >= 0.3 is 0 Å². The van der Waals surface area contributed by atoms with E-state index >= 15 is 0 Å². The van der Waals surface area contributed by atoms with Gasteiger partial charge in [0.05, 0.1) is 0 Å². The van der Waals surface area contributed by atoms with Crippen molar-refractivity contribution in [2.45, 2.75) is 6.92 Å². The second-order valence-electron chi connectivity index (χ2n) is 6.45.